The molecular formula is C15H12O. The Bertz CT molecular complexity index is 506. The Morgan fingerprint density at radius 3 is 1.81 bits per heavy atom. The molecule has 2 aromatic rings. The van der Waals surface area contributed by atoms with E-state index < -0.39 is 0 Å². The van der Waals surface area contributed by atoms with Gasteiger partial charge in [-0.15, -0.1) is 0 Å². The predicted octanol–water partition coefficient (Wildman–Crippen LogP) is 3.89. The molecule has 0 saturated heterocycles. The summed E-state index contributed by atoms with van der Waals surface area (Å²) in [5, 5.41) is 0. The lowest BCUT2D eigenvalue weighted by molar-refractivity contribution is 0.469. The molecule has 2 aromatic carbocycles. The van der Waals surface area contributed by atoms with Gasteiger partial charge >= 0.3 is 0 Å². The molecule has 0 bridgehead atoms. The van der Waals surface area contributed by atoms with Crippen LogP contribution in [0.3, 0.4) is 0 Å². The van der Waals surface area contributed by atoms with Gasteiger partial charge in [-0.1, -0.05) is 35.4 Å². The van der Waals surface area contributed by atoms with E-state index in [2.05, 4.69) is 44.5 Å². The Kier molecular flexibility index (Phi) is 2.00. The van der Waals surface area contributed by atoms with Crippen LogP contribution < -0.4 is 4.74 Å². The van der Waals surface area contributed by atoms with Gasteiger partial charge in [0.1, 0.15) is 11.5 Å². The summed E-state index contributed by atoms with van der Waals surface area (Å²) in [6.07, 6.45) is 3.40. The topological polar surface area (TPSA) is 9.23 Å². The van der Waals surface area contributed by atoms with Crippen LogP contribution in [0.25, 0.3) is 0 Å². The molecule has 1 aliphatic heterocycles. The van der Waals surface area contributed by atoms with E-state index in [1.807, 2.05) is 12.1 Å². The molecule has 0 amide bonds. The normalized spacial score (nSPS) is 12.6. The summed E-state index contributed by atoms with van der Waals surface area (Å²) in [6.45, 7) is 4.15. The van der Waals surface area contributed by atoms with Crippen LogP contribution in [0.5, 0.6) is 11.5 Å². The van der Waals surface area contributed by atoms with Crippen LogP contribution in [0.4, 0.5) is 0 Å². The highest BCUT2D eigenvalue weighted by atomic mass is 16.5. The summed E-state index contributed by atoms with van der Waals surface area (Å²) < 4.78 is 5.82. The molecule has 1 heteroatoms. The number of fused-ring (bicyclic) bond motifs is 2. The smallest absolute Gasteiger partial charge is 0.131 e. The van der Waals surface area contributed by atoms with Crippen molar-refractivity contribution in [3.63, 3.8) is 0 Å². The lowest BCUT2D eigenvalue weighted by Crippen LogP contribution is -2.01. The molecule has 0 N–H and O–H groups in total. The Morgan fingerprint density at radius 2 is 1.31 bits per heavy atom. The van der Waals surface area contributed by atoms with Crippen molar-refractivity contribution in [1.29, 1.82) is 0 Å². The number of ether oxygens (including phenoxy) is 1. The second-order valence-corrected chi connectivity index (χ2v) is 4.23. The van der Waals surface area contributed by atoms with Crippen molar-refractivity contribution in [2.45, 2.75) is 13.8 Å². The molecule has 2 radical (unpaired) electrons. The van der Waals surface area contributed by atoms with Crippen LogP contribution in [0.15, 0.2) is 36.4 Å². The number of aryl methyl sites for hydroxylation is 2. The molecular weight excluding hydrogens is 196 g/mol. The second kappa shape index (κ2) is 3.38. The molecule has 1 aliphatic rings. The fourth-order valence-corrected chi connectivity index (χ4v) is 1.92. The molecule has 16 heavy (non-hydrogen) atoms. The number of hydrogen-bond acceptors (Lipinski definition) is 1. The van der Waals surface area contributed by atoms with E-state index in [0.29, 0.717) is 0 Å². The van der Waals surface area contributed by atoms with Crippen LogP contribution in [0, 0.1) is 20.3 Å². The molecule has 1 nitrogen and oxygen atoms in total. The first kappa shape index (κ1) is 9.46. The molecule has 0 aliphatic carbocycles. The van der Waals surface area contributed by atoms with Gasteiger partial charge in [-0.05, 0) is 26.0 Å². The van der Waals surface area contributed by atoms with Crippen LogP contribution in [0.2, 0.25) is 0 Å². The molecule has 1 heterocycles. The average molecular weight is 208 g/mol. The summed E-state index contributed by atoms with van der Waals surface area (Å²) in [5.74, 6) is 1.78. The Morgan fingerprint density at radius 1 is 0.812 bits per heavy atom. The third-order valence-electron chi connectivity index (χ3n) is 2.76. The molecule has 0 atom stereocenters. The molecule has 0 aromatic heterocycles. The fraction of sp³-hybridized carbons (Fsp3) is 0.133. The van der Waals surface area contributed by atoms with Gasteiger partial charge in [0.15, 0.2) is 0 Å². The second-order valence-electron chi connectivity index (χ2n) is 4.23. The highest BCUT2D eigenvalue weighted by Gasteiger charge is 2.17. The van der Waals surface area contributed by atoms with Crippen molar-refractivity contribution < 1.29 is 4.74 Å². The van der Waals surface area contributed by atoms with E-state index >= 15 is 0 Å². The van der Waals surface area contributed by atoms with E-state index in [1.165, 1.54) is 11.1 Å². The van der Waals surface area contributed by atoms with Crippen molar-refractivity contribution in [3.8, 4) is 11.5 Å². The highest BCUT2D eigenvalue weighted by molar-refractivity contribution is 5.58. The Labute approximate surface area is 95.7 Å². The van der Waals surface area contributed by atoms with Gasteiger partial charge in [-0.3, -0.25) is 0 Å². The quantitative estimate of drug-likeness (QED) is 0.544. The zero-order chi connectivity index (χ0) is 11.1. The monoisotopic (exact) mass is 208 g/mol. The van der Waals surface area contributed by atoms with Crippen molar-refractivity contribution in [1.82, 2.24) is 0 Å². The number of rotatable bonds is 0. The van der Waals surface area contributed by atoms with Gasteiger partial charge in [-0.2, -0.15) is 0 Å². The van der Waals surface area contributed by atoms with Crippen molar-refractivity contribution in [3.05, 3.63) is 65.1 Å². The fourth-order valence-electron chi connectivity index (χ4n) is 1.92. The molecule has 78 valence electrons. The molecule has 0 fully saturated rings. The lowest BCUT2D eigenvalue weighted by atomic mass is 9.98. The van der Waals surface area contributed by atoms with Gasteiger partial charge < -0.3 is 4.74 Å². The van der Waals surface area contributed by atoms with Crippen LogP contribution in [-0.2, 0) is 0 Å². The van der Waals surface area contributed by atoms with Crippen molar-refractivity contribution >= 4 is 0 Å². The van der Waals surface area contributed by atoms with E-state index in [1.54, 1.807) is 0 Å². The third-order valence-corrected chi connectivity index (χ3v) is 2.76. The van der Waals surface area contributed by atoms with E-state index in [9.17, 15) is 0 Å². The molecule has 0 unspecified atom stereocenters. The van der Waals surface area contributed by atoms with E-state index in [4.69, 9.17) is 4.74 Å². The van der Waals surface area contributed by atoms with Gasteiger partial charge in [0, 0.05) is 11.1 Å². The number of benzene rings is 2. The Balaban J connectivity index is 2.10. The molecule has 0 spiro atoms. The maximum Gasteiger partial charge on any atom is 0.131 e. The van der Waals surface area contributed by atoms with Crippen LogP contribution in [0.1, 0.15) is 22.3 Å². The number of hydrogen-bond donors (Lipinski definition) is 0. The van der Waals surface area contributed by atoms with Crippen LogP contribution >= 0.6 is 0 Å². The SMILES string of the molecule is Cc1ccc2c(c1)[C]c1cc(C)ccc1O2. The first-order chi connectivity index (χ1) is 7.72. The minimum Gasteiger partial charge on any atom is -0.457 e. The maximum atomic E-state index is 5.82. The first-order valence-corrected chi connectivity index (χ1v) is 5.38. The van der Waals surface area contributed by atoms with Crippen LogP contribution in [-0.4, -0.2) is 0 Å². The summed E-state index contributed by atoms with van der Waals surface area (Å²) >= 11 is 0. The summed E-state index contributed by atoms with van der Waals surface area (Å²) in [6, 6.07) is 12.3. The zero-order valence-electron chi connectivity index (χ0n) is 9.37. The van der Waals surface area contributed by atoms with E-state index in [0.717, 1.165) is 22.6 Å². The van der Waals surface area contributed by atoms with Crippen molar-refractivity contribution in [2.75, 3.05) is 0 Å². The summed E-state index contributed by atoms with van der Waals surface area (Å²) in [4.78, 5) is 0. The van der Waals surface area contributed by atoms with E-state index in [-0.39, 0.29) is 0 Å². The van der Waals surface area contributed by atoms with Gasteiger partial charge in [0.2, 0.25) is 0 Å². The molecule has 3 rings (SSSR count). The van der Waals surface area contributed by atoms with Gasteiger partial charge in [-0.25, -0.2) is 0 Å². The average Bonchev–Trinajstić information content (AvgIpc) is 2.26. The maximum absolute atomic E-state index is 5.82. The van der Waals surface area contributed by atoms with Crippen molar-refractivity contribution in [2.24, 2.45) is 0 Å². The summed E-state index contributed by atoms with van der Waals surface area (Å²) in [7, 11) is 0. The van der Waals surface area contributed by atoms with Gasteiger partial charge in [0.05, 0.1) is 6.42 Å². The highest BCUT2D eigenvalue weighted by Crippen LogP contribution is 2.38. The summed E-state index contributed by atoms with van der Waals surface area (Å²) in [5.41, 5.74) is 4.54. The lowest BCUT2D eigenvalue weighted by Gasteiger charge is -2.20. The standard InChI is InChI=1S/C15H12O/c1-10-3-5-14-12(7-10)9-13-8-11(2)4-6-15(13)16-14/h3-8H,1-2H3. The minimum atomic E-state index is 0.891. The third kappa shape index (κ3) is 1.49. The first-order valence-electron chi connectivity index (χ1n) is 5.38. The minimum absolute atomic E-state index is 0.891. The predicted molar refractivity (Wildman–Crippen MR) is 63.9 cm³/mol. The largest absolute Gasteiger partial charge is 0.457 e. The molecule has 0 saturated carbocycles. The zero-order valence-corrected chi connectivity index (χ0v) is 9.37. The van der Waals surface area contributed by atoms with Gasteiger partial charge in [0.25, 0.3) is 0 Å². The Hall–Kier alpha value is -1.76.